The Morgan fingerprint density at radius 3 is 2.50 bits per heavy atom. The van der Waals surface area contributed by atoms with Gasteiger partial charge < -0.3 is 19.7 Å². The van der Waals surface area contributed by atoms with Crippen LogP contribution in [0.15, 0.2) is 18.2 Å². The fourth-order valence-electron chi connectivity index (χ4n) is 1.57. The molecule has 0 fully saturated rings. The first kappa shape index (κ1) is 17.5. The Morgan fingerprint density at radius 2 is 1.91 bits per heavy atom. The van der Waals surface area contributed by atoms with Gasteiger partial charge in [0.25, 0.3) is 5.91 Å². The summed E-state index contributed by atoms with van der Waals surface area (Å²) in [6.07, 6.45) is 0. The SMILES string of the molecule is COc1ccc(C)cc1C(=O)OCC(=O)NCC(=O)N(C)C. The largest absolute Gasteiger partial charge is 0.496 e. The Balaban J connectivity index is 2.54. The van der Waals surface area contributed by atoms with E-state index in [4.69, 9.17) is 9.47 Å². The third-order valence-corrected chi connectivity index (χ3v) is 2.84. The zero-order valence-electron chi connectivity index (χ0n) is 13.1. The zero-order valence-corrected chi connectivity index (χ0v) is 13.1. The van der Waals surface area contributed by atoms with Crippen molar-refractivity contribution in [2.24, 2.45) is 0 Å². The molecule has 120 valence electrons. The highest BCUT2D eigenvalue weighted by atomic mass is 16.5. The molecule has 0 saturated heterocycles. The van der Waals surface area contributed by atoms with Gasteiger partial charge in [-0.05, 0) is 19.1 Å². The second-order valence-electron chi connectivity index (χ2n) is 4.84. The first-order valence-corrected chi connectivity index (χ1v) is 6.63. The molecule has 1 aromatic carbocycles. The van der Waals surface area contributed by atoms with E-state index in [1.165, 1.54) is 12.0 Å². The van der Waals surface area contributed by atoms with Crippen molar-refractivity contribution in [1.82, 2.24) is 10.2 Å². The summed E-state index contributed by atoms with van der Waals surface area (Å²) in [5.74, 6) is -1.08. The van der Waals surface area contributed by atoms with Crippen molar-refractivity contribution in [3.63, 3.8) is 0 Å². The number of hydrogen-bond acceptors (Lipinski definition) is 5. The van der Waals surface area contributed by atoms with Gasteiger partial charge in [-0.25, -0.2) is 4.79 Å². The van der Waals surface area contributed by atoms with Crippen molar-refractivity contribution in [1.29, 1.82) is 0 Å². The fourth-order valence-corrected chi connectivity index (χ4v) is 1.57. The maximum atomic E-state index is 12.0. The minimum absolute atomic E-state index is 0.142. The summed E-state index contributed by atoms with van der Waals surface area (Å²) in [5.41, 5.74) is 1.12. The summed E-state index contributed by atoms with van der Waals surface area (Å²) >= 11 is 0. The standard InChI is InChI=1S/C15H20N2O5/c1-10-5-6-12(21-4)11(7-10)15(20)22-9-13(18)16-8-14(19)17(2)3/h5-7H,8-9H2,1-4H3,(H,16,18). The molecule has 7 heteroatoms. The Bertz CT molecular complexity index is 569. The van der Waals surface area contributed by atoms with Crippen molar-refractivity contribution in [3.05, 3.63) is 29.3 Å². The molecule has 1 rings (SSSR count). The maximum Gasteiger partial charge on any atom is 0.342 e. The molecule has 1 aromatic rings. The highest BCUT2D eigenvalue weighted by molar-refractivity contribution is 5.94. The number of nitrogens with zero attached hydrogens (tertiary/aromatic N) is 1. The Labute approximate surface area is 129 Å². The number of benzene rings is 1. The summed E-state index contributed by atoms with van der Waals surface area (Å²) in [7, 11) is 4.61. The molecule has 0 aliphatic heterocycles. The molecule has 0 aromatic heterocycles. The normalized spacial score (nSPS) is 9.82. The molecule has 22 heavy (non-hydrogen) atoms. The lowest BCUT2D eigenvalue weighted by Crippen LogP contribution is -2.38. The van der Waals surface area contributed by atoms with Crippen LogP contribution in [-0.4, -0.2) is 57.0 Å². The molecule has 0 bridgehead atoms. The predicted molar refractivity (Wildman–Crippen MR) is 79.7 cm³/mol. The molecule has 0 atom stereocenters. The molecule has 0 heterocycles. The maximum absolute atomic E-state index is 12.0. The fraction of sp³-hybridized carbons (Fsp3) is 0.400. The van der Waals surface area contributed by atoms with E-state index in [-0.39, 0.29) is 18.0 Å². The number of nitrogens with one attached hydrogen (secondary N) is 1. The number of ether oxygens (including phenoxy) is 2. The molecule has 2 amide bonds. The molecule has 1 N–H and O–H groups in total. The van der Waals surface area contributed by atoms with Crippen LogP contribution in [0.2, 0.25) is 0 Å². The summed E-state index contributed by atoms with van der Waals surface area (Å²) in [6, 6.07) is 5.07. The van der Waals surface area contributed by atoms with Crippen LogP contribution in [0, 0.1) is 6.92 Å². The smallest absolute Gasteiger partial charge is 0.342 e. The number of carbonyl (C=O) groups excluding carboxylic acids is 3. The first-order valence-electron chi connectivity index (χ1n) is 6.63. The van der Waals surface area contributed by atoms with Crippen LogP contribution in [0.25, 0.3) is 0 Å². The minimum atomic E-state index is -0.658. The third-order valence-electron chi connectivity index (χ3n) is 2.84. The summed E-state index contributed by atoms with van der Waals surface area (Å²) < 4.78 is 10.0. The van der Waals surface area contributed by atoms with Gasteiger partial charge in [-0.1, -0.05) is 11.6 Å². The van der Waals surface area contributed by atoms with E-state index in [9.17, 15) is 14.4 Å². The second kappa shape index (κ2) is 8.02. The van der Waals surface area contributed by atoms with Gasteiger partial charge in [0.15, 0.2) is 6.61 Å². The van der Waals surface area contributed by atoms with Crippen LogP contribution in [0.1, 0.15) is 15.9 Å². The van der Waals surface area contributed by atoms with Gasteiger partial charge >= 0.3 is 5.97 Å². The van der Waals surface area contributed by atoms with Gasteiger partial charge in [-0.3, -0.25) is 9.59 Å². The van der Waals surface area contributed by atoms with E-state index in [0.29, 0.717) is 5.75 Å². The number of esters is 1. The zero-order chi connectivity index (χ0) is 16.7. The highest BCUT2D eigenvalue weighted by Crippen LogP contribution is 2.20. The number of likely N-dealkylation sites (N-methyl/N-ethyl adjacent to an activating group) is 1. The third kappa shape index (κ3) is 5.08. The van der Waals surface area contributed by atoms with Crippen molar-refractivity contribution in [2.75, 3.05) is 34.4 Å². The quantitative estimate of drug-likeness (QED) is 0.767. The van der Waals surface area contributed by atoms with Crippen LogP contribution in [-0.2, 0) is 14.3 Å². The highest BCUT2D eigenvalue weighted by Gasteiger charge is 2.16. The number of amides is 2. The van der Waals surface area contributed by atoms with Crippen LogP contribution in [0.3, 0.4) is 0 Å². The molecule has 0 radical (unpaired) electrons. The van der Waals surface area contributed by atoms with Gasteiger partial charge in [0.05, 0.1) is 13.7 Å². The summed E-state index contributed by atoms with van der Waals surface area (Å²) in [5, 5.41) is 2.37. The van der Waals surface area contributed by atoms with E-state index in [1.54, 1.807) is 32.3 Å². The molecular weight excluding hydrogens is 288 g/mol. The van der Waals surface area contributed by atoms with E-state index >= 15 is 0 Å². The number of aryl methyl sites for hydroxylation is 1. The van der Waals surface area contributed by atoms with Gasteiger partial charge in [-0.2, -0.15) is 0 Å². The van der Waals surface area contributed by atoms with Crippen LogP contribution in [0.5, 0.6) is 5.75 Å². The molecule has 0 aliphatic rings. The van der Waals surface area contributed by atoms with E-state index < -0.39 is 18.5 Å². The number of rotatable bonds is 6. The molecule has 0 saturated carbocycles. The number of methoxy groups -OCH3 is 1. The van der Waals surface area contributed by atoms with Gasteiger partial charge in [0.2, 0.25) is 5.91 Å². The number of carbonyl (C=O) groups is 3. The average Bonchev–Trinajstić information content (AvgIpc) is 2.49. The molecular formula is C15H20N2O5. The molecule has 0 spiro atoms. The van der Waals surface area contributed by atoms with Crippen molar-refractivity contribution in [3.8, 4) is 5.75 Å². The van der Waals surface area contributed by atoms with E-state index in [1.807, 2.05) is 6.92 Å². The van der Waals surface area contributed by atoms with Crippen LogP contribution < -0.4 is 10.1 Å². The monoisotopic (exact) mass is 308 g/mol. The first-order chi connectivity index (χ1) is 10.3. The lowest BCUT2D eigenvalue weighted by Gasteiger charge is -2.12. The Morgan fingerprint density at radius 1 is 1.23 bits per heavy atom. The van der Waals surface area contributed by atoms with Gasteiger partial charge in [-0.15, -0.1) is 0 Å². The Hall–Kier alpha value is -2.57. The molecule has 0 unspecified atom stereocenters. The lowest BCUT2D eigenvalue weighted by molar-refractivity contribution is -0.131. The lowest BCUT2D eigenvalue weighted by atomic mass is 10.1. The Kier molecular flexibility index (Phi) is 6.37. The topological polar surface area (TPSA) is 84.9 Å². The molecule has 7 nitrogen and oxygen atoms in total. The van der Waals surface area contributed by atoms with Crippen LogP contribution >= 0.6 is 0 Å². The van der Waals surface area contributed by atoms with E-state index in [2.05, 4.69) is 5.32 Å². The predicted octanol–water partition coefficient (Wildman–Crippen LogP) is 0.365. The van der Waals surface area contributed by atoms with Crippen LogP contribution in [0.4, 0.5) is 0 Å². The van der Waals surface area contributed by atoms with Crippen molar-refractivity contribution < 1.29 is 23.9 Å². The van der Waals surface area contributed by atoms with Gasteiger partial charge in [0.1, 0.15) is 11.3 Å². The van der Waals surface area contributed by atoms with Crippen molar-refractivity contribution >= 4 is 17.8 Å². The summed E-state index contributed by atoms with van der Waals surface area (Å²) in [4.78, 5) is 36.2. The van der Waals surface area contributed by atoms with E-state index in [0.717, 1.165) is 5.56 Å². The minimum Gasteiger partial charge on any atom is -0.496 e. The second-order valence-corrected chi connectivity index (χ2v) is 4.84. The van der Waals surface area contributed by atoms with Crippen molar-refractivity contribution in [2.45, 2.75) is 6.92 Å². The number of hydrogen-bond donors (Lipinski definition) is 1. The summed E-state index contributed by atoms with van der Waals surface area (Å²) in [6.45, 7) is 1.23. The van der Waals surface area contributed by atoms with Gasteiger partial charge in [0, 0.05) is 14.1 Å². The molecule has 0 aliphatic carbocycles. The average molecular weight is 308 g/mol.